The van der Waals surface area contributed by atoms with Crippen molar-refractivity contribution >= 4 is 22.4 Å². The van der Waals surface area contributed by atoms with Crippen LogP contribution in [-0.4, -0.2) is 4.98 Å². The molecule has 1 aromatic heterocycles. The van der Waals surface area contributed by atoms with Gasteiger partial charge in [0.2, 0.25) is 0 Å². The molecule has 0 amide bonds. The molecule has 3 rings (SSSR count). The predicted molar refractivity (Wildman–Crippen MR) is 79.2 cm³/mol. The second-order valence-corrected chi connectivity index (χ2v) is 4.94. The Bertz CT molecular complexity index is 768. The highest BCUT2D eigenvalue weighted by molar-refractivity contribution is 6.31. The summed E-state index contributed by atoms with van der Waals surface area (Å²) in [5.74, 6) is -0.460. The van der Waals surface area contributed by atoms with Gasteiger partial charge >= 0.3 is 0 Å². The molecule has 0 saturated carbocycles. The average molecular weight is 287 g/mol. The Kier molecular flexibility index (Phi) is 3.38. The number of benzene rings is 2. The van der Waals surface area contributed by atoms with E-state index in [0.717, 1.165) is 16.3 Å². The molecule has 2 aromatic carbocycles. The summed E-state index contributed by atoms with van der Waals surface area (Å²) in [5.41, 5.74) is 7.72. The Morgan fingerprint density at radius 1 is 1.05 bits per heavy atom. The van der Waals surface area contributed by atoms with Gasteiger partial charge in [0.1, 0.15) is 5.82 Å². The molecule has 0 saturated heterocycles. The van der Waals surface area contributed by atoms with Gasteiger partial charge < -0.3 is 5.73 Å². The van der Waals surface area contributed by atoms with Crippen molar-refractivity contribution in [1.82, 2.24) is 4.98 Å². The zero-order valence-corrected chi connectivity index (χ0v) is 11.3. The fourth-order valence-corrected chi connectivity index (χ4v) is 2.58. The lowest BCUT2D eigenvalue weighted by Gasteiger charge is -2.16. The van der Waals surface area contributed by atoms with Gasteiger partial charge in [-0.25, -0.2) is 4.39 Å². The number of nitrogens with two attached hydrogens (primary N) is 1. The van der Waals surface area contributed by atoms with E-state index in [1.54, 1.807) is 24.5 Å². The van der Waals surface area contributed by atoms with Crippen molar-refractivity contribution in [3.8, 4) is 0 Å². The Labute approximate surface area is 121 Å². The highest BCUT2D eigenvalue weighted by atomic mass is 35.5. The molecule has 1 unspecified atom stereocenters. The maximum atomic E-state index is 13.6. The van der Waals surface area contributed by atoms with Crippen LogP contribution in [0.5, 0.6) is 0 Å². The van der Waals surface area contributed by atoms with Crippen LogP contribution >= 0.6 is 11.6 Å². The van der Waals surface area contributed by atoms with Gasteiger partial charge in [-0.15, -0.1) is 0 Å². The third kappa shape index (κ3) is 2.15. The standard InChI is InChI=1S/C16H12ClFN2/c17-15-12(5-2-6-14(15)18)16(19)11-4-1-3-10-7-8-20-9-13(10)11/h1-9,16H,19H2. The van der Waals surface area contributed by atoms with Crippen LogP contribution in [0, 0.1) is 5.82 Å². The van der Waals surface area contributed by atoms with Gasteiger partial charge in [0.15, 0.2) is 0 Å². The zero-order valence-electron chi connectivity index (χ0n) is 10.6. The van der Waals surface area contributed by atoms with Gasteiger partial charge in [-0.1, -0.05) is 41.9 Å². The van der Waals surface area contributed by atoms with Crippen LogP contribution < -0.4 is 5.73 Å². The molecule has 0 aliphatic rings. The van der Waals surface area contributed by atoms with Crippen LogP contribution in [-0.2, 0) is 0 Å². The fourth-order valence-electron chi connectivity index (χ4n) is 2.34. The summed E-state index contributed by atoms with van der Waals surface area (Å²) in [6.45, 7) is 0. The number of rotatable bonds is 2. The van der Waals surface area contributed by atoms with E-state index in [9.17, 15) is 4.39 Å². The van der Waals surface area contributed by atoms with Crippen molar-refractivity contribution in [3.05, 3.63) is 76.8 Å². The van der Waals surface area contributed by atoms with E-state index in [1.165, 1.54) is 6.07 Å². The van der Waals surface area contributed by atoms with E-state index in [1.807, 2.05) is 24.3 Å². The van der Waals surface area contributed by atoms with E-state index in [2.05, 4.69) is 4.98 Å². The number of fused-ring (bicyclic) bond motifs is 1. The maximum absolute atomic E-state index is 13.6. The van der Waals surface area contributed by atoms with Crippen LogP contribution in [0.1, 0.15) is 17.2 Å². The first-order chi connectivity index (χ1) is 9.68. The topological polar surface area (TPSA) is 38.9 Å². The van der Waals surface area contributed by atoms with Crippen LogP contribution in [0.4, 0.5) is 4.39 Å². The first kappa shape index (κ1) is 13.0. The molecule has 2 nitrogen and oxygen atoms in total. The molecule has 2 N–H and O–H groups in total. The third-order valence-corrected chi connectivity index (χ3v) is 3.77. The Balaban J connectivity index is 2.18. The molecule has 0 aliphatic carbocycles. The van der Waals surface area contributed by atoms with Crippen LogP contribution in [0.25, 0.3) is 10.8 Å². The average Bonchev–Trinajstić information content (AvgIpc) is 2.49. The first-order valence-corrected chi connectivity index (χ1v) is 6.58. The molecule has 0 aliphatic heterocycles. The van der Waals surface area contributed by atoms with E-state index in [0.29, 0.717) is 5.56 Å². The molecular formula is C16H12ClFN2. The van der Waals surface area contributed by atoms with Crippen LogP contribution in [0.2, 0.25) is 5.02 Å². The van der Waals surface area contributed by atoms with Crippen molar-refractivity contribution in [3.63, 3.8) is 0 Å². The Hall–Kier alpha value is -1.97. The van der Waals surface area contributed by atoms with Gasteiger partial charge in [-0.05, 0) is 28.6 Å². The second kappa shape index (κ2) is 5.19. The van der Waals surface area contributed by atoms with Crippen molar-refractivity contribution in [1.29, 1.82) is 0 Å². The van der Waals surface area contributed by atoms with Crippen LogP contribution in [0.3, 0.4) is 0 Å². The highest BCUT2D eigenvalue weighted by Crippen LogP contribution is 2.31. The van der Waals surface area contributed by atoms with Gasteiger partial charge in [0.05, 0.1) is 11.1 Å². The van der Waals surface area contributed by atoms with E-state index in [-0.39, 0.29) is 5.02 Å². The summed E-state index contributed by atoms with van der Waals surface area (Å²) in [6, 6.07) is 11.9. The summed E-state index contributed by atoms with van der Waals surface area (Å²) in [7, 11) is 0. The van der Waals surface area contributed by atoms with E-state index in [4.69, 9.17) is 17.3 Å². The highest BCUT2D eigenvalue weighted by Gasteiger charge is 2.16. The summed E-state index contributed by atoms with van der Waals surface area (Å²) < 4.78 is 13.6. The third-order valence-electron chi connectivity index (χ3n) is 3.37. The first-order valence-electron chi connectivity index (χ1n) is 6.20. The number of pyridine rings is 1. The quantitative estimate of drug-likeness (QED) is 0.771. The Morgan fingerprint density at radius 2 is 1.80 bits per heavy atom. The lowest BCUT2D eigenvalue weighted by molar-refractivity contribution is 0.624. The maximum Gasteiger partial charge on any atom is 0.142 e. The number of hydrogen-bond acceptors (Lipinski definition) is 2. The lowest BCUT2D eigenvalue weighted by atomic mass is 9.95. The normalized spacial score (nSPS) is 12.6. The molecule has 1 heterocycles. The largest absolute Gasteiger partial charge is 0.320 e. The van der Waals surface area contributed by atoms with E-state index >= 15 is 0 Å². The monoisotopic (exact) mass is 286 g/mol. The molecule has 0 radical (unpaired) electrons. The van der Waals surface area contributed by atoms with Gasteiger partial charge in [0, 0.05) is 17.8 Å². The second-order valence-electron chi connectivity index (χ2n) is 4.56. The van der Waals surface area contributed by atoms with Gasteiger partial charge in [0.25, 0.3) is 0 Å². The van der Waals surface area contributed by atoms with Crippen molar-refractivity contribution in [2.24, 2.45) is 5.73 Å². The molecule has 0 spiro atoms. The molecule has 0 fully saturated rings. The van der Waals surface area contributed by atoms with Crippen molar-refractivity contribution < 1.29 is 4.39 Å². The smallest absolute Gasteiger partial charge is 0.142 e. The van der Waals surface area contributed by atoms with Crippen LogP contribution in [0.15, 0.2) is 54.9 Å². The zero-order chi connectivity index (χ0) is 14.1. The van der Waals surface area contributed by atoms with Crippen molar-refractivity contribution in [2.75, 3.05) is 0 Å². The summed E-state index contributed by atoms with van der Waals surface area (Å²) >= 11 is 6.02. The molecule has 20 heavy (non-hydrogen) atoms. The van der Waals surface area contributed by atoms with Gasteiger partial charge in [-0.3, -0.25) is 4.98 Å². The molecule has 3 aromatic rings. The summed E-state index contributed by atoms with van der Waals surface area (Å²) in [4.78, 5) is 4.13. The predicted octanol–water partition coefficient (Wildman–Crippen LogP) is 4.08. The number of hydrogen-bond donors (Lipinski definition) is 1. The fraction of sp³-hybridized carbons (Fsp3) is 0.0625. The minimum absolute atomic E-state index is 0.0703. The van der Waals surface area contributed by atoms with Gasteiger partial charge in [-0.2, -0.15) is 0 Å². The minimum Gasteiger partial charge on any atom is -0.320 e. The minimum atomic E-state index is -0.494. The molecule has 100 valence electrons. The SMILES string of the molecule is NC(c1cccc(F)c1Cl)c1cccc2ccncc12. The molecule has 0 bridgehead atoms. The summed E-state index contributed by atoms with van der Waals surface area (Å²) in [5, 5.41) is 2.06. The lowest BCUT2D eigenvalue weighted by Crippen LogP contribution is -2.13. The number of aromatic nitrogens is 1. The number of nitrogens with zero attached hydrogens (tertiary/aromatic N) is 1. The number of halogens is 2. The molecule has 1 atom stereocenters. The molecule has 4 heteroatoms. The van der Waals surface area contributed by atoms with Crippen molar-refractivity contribution in [2.45, 2.75) is 6.04 Å². The molecular weight excluding hydrogens is 275 g/mol. The summed E-state index contributed by atoms with van der Waals surface area (Å²) in [6.07, 6.45) is 3.49. The van der Waals surface area contributed by atoms with E-state index < -0.39 is 11.9 Å². The Morgan fingerprint density at radius 3 is 2.65 bits per heavy atom.